The summed E-state index contributed by atoms with van der Waals surface area (Å²) in [5.41, 5.74) is 8.19. The molecular formula is C22H23N5O2S. The van der Waals surface area contributed by atoms with Gasteiger partial charge in [0, 0.05) is 37.0 Å². The molecule has 2 N–H and O–H groups in total. The van der Waals surface area contributed by atoms with Crippen molar-refractivity contribution in [2.24, 2.45) is 5.92 Å². The molecule has 2 aromatic heterocycles. The Bertz CT molecular complexity index is 1010. The second-order valence-corrected chi connectivity index (χ2v) is 8.20. The molecule has 1 aliphatic rings. The summed E-state index contributed by atoms with van der Waals surface area (Å²) >= 11 is 1.36. The number of hydrazine groups is 1. The van der Waals surface area contributed by atoms with Crippen LogP contribution in [0.2, 0.25) is 0 Å². The van der Waals surface area contributed by atoms with Crippen LogP contribution >= 0.6 is 11.3 Å². The Labute approximate surface area is 179 Å². The molecule has 0 bridgehead atoms. The third-order valence-corrected chi connectivity index (χ3v) is 6.15. The van der Waals surface area contributed by atoms with Gasteiger partial charge < -0.3 is 4.90 Å². The molecule has 0 unspecified atom stereocenters. The quantitative estimate of drug-likeness (QED) is 0.632. The van der Waals surface area contributed by atoms with E-state index in [1.54, 1.807) is 18.5 Å². The average Bonchev–Trinajstić information content (AvgIpc) is 3.28. The highest BCUT2D eigenvalue weighted by Crippen LogP contribution is 2.28. The van der Waals surface area contributed by atoms with E-state index in [0.717, 1.165) is 16.7 Å². The Morgan fingerprint density at radius 3 is 2.43 bits per heavy atom. The standard InChI is InChI=1S/C22H23N5O2S/c1-15-3-5-16(6-4-15)18-9-14-30-19(18)21(29)26-25-20(28)17-7-12-27(13-8-17)22-23-10-2-11-24-22/h2-6,9-11,14,17H,7-8,12-13H2,1H3,(H,25,28)(H,26,29). The SMILES string of the molecule is Cc1ccc(-c2ccsc2C(=O)NNC(=O)C2CCN(c3ncccn3)CC2)cc1. The number of aromatic nitrogens is 2. The third kappa shape index (κ3) is 4.49. The van der Waals surface area contributed by atoms with E-state index in [0.29, 0.717) is 36.8 Å². The van der Waals surface area contributed by atoms with E-state index in [1.165, 1.54) is 11.3 Å². The van der Waals surface area contributed by atoms with Crippen molar-refractivity contribution in [2.75, 3.05) is 18.0 Å². The summed E-state index contributed by atoms with van der Waals surface area (Å²) < 4.78 is 0. The third-order valence-electron chi connectivity index (χ3n) is 5.23. The molecule has 154 valence electrons. The number of nitrogens with one attached hydrogen (secondary N) is 2. The van der Waals surface area contributed by atoms with Crippen molar-refractivity contribution in [2.45, 2.75) is 19.8 Å². The van der Waals surface area contributed by atoms with Gasteiger partial charge in [0.1, 0.15) is 4.88 Å². The van der Waals surface area contributed by atoms with E-state index in [2.05, 4.69) is 25.7 Å². The molecule has 7 nitrogen and oxygen atoms in total. The van der Waals surface area contributed by atoms with E-state index < -0.39 is 0 Å². The molecule has 4 rings (SSSR count). The summed E-state index contributed by atoms with van der Waals surface area (Å²) in [5, 5.41) is 1.88. The van der Waals surface area contributed by atoms with Gasteiger partial charge in [-0.15, -0.1) is 11.3 Å². The highest BCUT2D eigenvalue weighted by atomic mass is 32.1. The Morgan fingerprint density at radius 1 is 1.03 bits per heavy atom. The summed E-state index contributed by atoms with van der Waals surface area (Å²) in [7, 11) is 0. The van der Waals surface area contributed by atoms with Gasteiger partial charge >= 0.3 is 0 Å². The van der Waals surface area contributed by atoms with E-state index in [9.17, 15) is 9.59 Å². The summed E-state index contributed by atoms with van der Waals surface area (Å²) in [5.74, 6) is 0.0747. The lowest BCUT2D eigenvalue weighted by Crippen LogP contribution is -2.47. The maximum absolute atomic E-state index is 12.7. The van der Waals surface area contributed by atoms with Crippen molar-refractivity contribution in [3.05, 3.63) is 64.6 Å². The number of carbonyl (C=O) groups excluding carboxylic acids is 2. The number of benzene rings is 1. The molecule has 30 heavy (non-hydrogen) atoms. The number of hydrogen-bond donors (Lipinski definition) is 2. The van der Waals surface area contributed by atoms with Crippen molar-refractivity contribution in [1.82, 2.24) is 20.8 Å². The molecule has 0 saturated carbocycles. The number of anilines is 1. The van der Waals surface area contributed by atoms with Crippen LogP contribution in [0, 0.1) is 12.8 Å². The first kappa shape index (κ1) is 20.0. The number of hydrogen-bond acceptors (Lipinski definition) is 6. The van der Waals surface area contributed by atoms with Crippen LogP contribution < -0.4 is 15.8 Å². The number of amides is 2. The first-order chi connectivity index (χ1) is 14.6. The number of nitrogens with zero attached hydrogens (tertiary/aromatic N) is 3. The maximum atomic E-state index is 12.7. The normalized spacial score (nSPS) is 14.4. The lowest BCUT2D eigenvalue weighted by molar-refractivity contribution is -0.126. The zero-order chi connectivity index (χ0) is 20.9. The largest absolute Gasteiger partial charge is 0.341 e. The molecule has 8 heteroatoms. The van der Waals surface area contributed by atoms with Crippen LogP contribution in [-0.4, -0.2) is 34.9 Å². The van der Waals surface area contributed by atoms with Gasteiger partial charge in [-0.3, -0.25) is 20.4 Å². The van der Waals surface area contributed by atoms with Crippen molar-refractivity contribution < 1.29 is 9.59 Å². The minimum absolute atomic E-state index is 0.148. The summed E-state index contributed by atoms with van der Waals surface area (Å²) in [6.45, 7) is 3.44. The van der Waals surface area contributed by atoms with E-state index in [4.69, 9.17) is 0 Å². The van der Waals surface area contributed by atoms with E-state index >= 15 is 0 Å². The molecule has 0 atom stereocenters. The van der Waals surface area contributed by atoms with Crippen molar-refractivity contribution in [3.8, 4) is 11.1 Å². The first-order valence-corrected chi connectivity index (χ1v) is 10.8. The molecule has 3 aromatic rings. The number of aryl methyl sites for hydroxylation is 1. The van der Waals surface area contributed by atoms with Crippen molar-refractivity contribution >= 4 is 29.1 Å². The summed E-state index contributed by atoms with van der Waals surface area (Å²) in [6, 6.07) is 11.7. The Hall–Kier alpha value is -3.26. The van der Waals surface area contributed by atoms with Gasteiger partial charge in [-0.25, -0.2) is 9.97 Å². The van der Waals surface area contributed by atoms with Crippen molar-refractivity contribution in [3.63, 3.8) is 0 Å². The second kappa shape index (κ2) is 9.04. The smallest absolute Gasteiger partial charge is 0.280 e. The van der Waals surface area contributed by atoms with Crippen LogP contribution in [0.3, 0.4) is 0 Å². The van der Waals surface area contributed by atoms with Gasteiger partial charge in [-0.1, -0.05) is 29.8 Å². The highest BCUT2D eigenvalue weighted by Gasteiger charge is 2.26. The van der Waals surface area contributed by atoms with Crippen LogP contribution in [0.25, 0.3) is 11.1 Å². The molecule has 0 spiro atoms. The molecule has 1 aliphatic heterocycles. The Kier molecular flexibility index (Phi) is 6.04. The Morgan fingerprint density at radius 2 is 1.73 bits per heavy atom. The molecule has 0 aliphatic carbocycles. The fraction of sp³-hybridized carbons (Fsp3) is 0.273. The predicted molar refractivity (Wildman–Crippen MR) is 117 cm³/mol. The second-order valence-electron chi connectivity index (χ2n) is 7.28. The van der Waals surface area contributed by atoms with Crippen LogP contribution in [0.4, 0.5) is 5.95 Å². The molecule has 0 radical (unpaired) electrons. The first-order valence-electron chi connectivity index (χ1n) is 9.88. The zero-order valence-corrected chi connectivity index (χ0v) is 17.5. The topological polar surface area (TPSA) is 87.2 Å². The van der Waals surface area contributed by atoms with Gasteiger partial charge in [0.2, 0.25) is 11.9 Å². The zero-order valence-electron chi connectivity index (χ0n) is 16.7. The predicted octanol–water partition coefficient (Wildman–Crippen LogP) is 3.19. The summed E-state index contributed by atoms with van der Waals surface area (Å²) in [6.07, 6.45) is 4.80. The van der Waals surface area contributed by atoms with Crippen LogP contribution in [0.1, 0.15) is 28.1 Å². The number of thiophene rings is 1. The van der Waals surface area contributed by atoms with Gasteiger partial charge in [-0.05, 0) is 42.8 Å². The molecule has 3 heterocycles. The van der Waals surface area contributed by atoms with Crippen molar-refractivity contribution in [1.29, 1.82) is 0 Å². The Balaban J connectivity index is 1.31. The van der Waals surface area contributed by atoms with Gasteiger partial charge in [0.25, 0.3) is 5.91 Å². The lowest BCUT2D eigenvalue weighted by Gasteiger charge is -2.31. The van der Waals surface area contributed by atoms with Crippen LogP contribution in [-0.2, 0) is 4.79 Å². The van der Waals surface area contributed by atoms with E-state index in [-0.39, 0.29) is 17.7 Å². The maximum Gasteiger partial charge on any atom is 0.280 e. The minimum Gasteiger partial charge on any atom is -0.341 e. The average molecular weight is 422 g/mol. The van der Waals surface area contributed by atoms with Gasteiger partial charge in [0.15, 0.2) is 0 Å². The molecule has 1 aromatic carbocycles. The van der Waals surface area contributed by atoms with Crippen LogP contribution in [0.15, 0.2) is 54.2 Å². The van der Waals surface area contributed by atoms with Gasteiger partial charge in [0.05, 0.1) is 0 Å². The molecule has 1 fully saturated rings. The highest BCUT2D eigenvalue weighted by molar-refractivity contribution is 7.12. The number of piperidine rings is 1. The number of carbonyl (C=O) groups is 2. The fourth-order valence-electron chi connectivity index (χ4n) is 3.52. The van der Waals surface area contributed by atoms with E-state index in [1.807, 2.05) is 42.6 Å². The van der Waals surface area contributed by atoms with Crippen LogP contribution in [0.5, 0.6) is 0 Å². The fourth-order valence-corrected chi connectivity index (χ4v) is 4.33. The molecular weight excluding hydrogens is 398 g/mol. The minimum atomic E-state index is -0.302. The summed E-state index contributed by atoms with van der Waals surface area (Å²) in [4.78, 5) is 36.4. The van der Waals surface area contributed by atoms with Gasteiger partial charge in [-0.2, -0.15) is 0 Å². The molecule has 1 saturated heterocycles. The lowest BCUT2D eigenvalue weighted by atomic mass is 9.96. The molecule has 2 amide bonds. The monoisotopic (exact) mass is 421 g/mol. The number of rotatable bonds is 4.